The zero-order chi connectivity index (χ0) is 14.8. The fourth-order valence-corrected chi connectivity index (χ4v) is 3.40. The molecule has 0 saturated carbocycles. The van der Waals surface area contributed by atoms with E-state index in [9.17, 15) is 4.79 Å². The van der Waals surface area contributed by atoms with Crippen molar-refractivity contribution in [2.75, 3.05) is 18.0 Å². The van der Waals surface area contributed by atoms with Gasteiger partial charge in [-0.2, -0.15) is 0 Å². The van der Waals surface area contributed by atoms with E-state index in [1.807, 2.05) is 41.8 Å². The lowest BCUT2D eigenvalue weighted by Gasteiger charge is -2.24. The zero-order valence-electron chi connectivity index (χ0n) is 12.1. The third-order valence-corrected chi connectivity index (χ3v) is 4.52. The molecule has 0 unspecified atom stereocenters. The summed E-state index contributed by atoms with van der Waals surface area (Å²) in [5, 5.41) is 2.97. The smallest absolute Gasteiger partial charge is 0.347 e. The second kappa shape index (κ2) is 5.74. The Morgan fingerprint density at radius 1 is 1.10 bits per heavy atom. The van der Waals surface area contributed by atoms with Gasteiger partial charge in [0.15, 0.2) is 0 Å². The van der Waals surface area contributed by atoms with E-state index in [0.717, 1.165) is 29.0 Å². The summed E-state index contributed by atoms with van der Waals surface area (Å²) in [4.78, 5) is 15.7. The van der Waals surface area contributed by atoms with Gasteiger partial charge in [-0.1, -0.05) is 18.2 Å². The summed E-state index contributed by atoms with van der Waals surface area (Å²) in [5.74, 6) is 0. The Labute approximate surface area is 127 Å². The molecule has 0 saturated heterocycles. The maximum absolute atomic E-state index is 12.5. The molecule has 0 spiro atoms. The van der Waals surface area contributed by atoms with Crippen molar-refractivity contribution in [3.8, 4) is 10.4 Å². The summed E-state index contributed by atoms with van der Waals surface area (Å²) in [6, 6.07) is 11.7. The van der Waals surface area contributed by atoms with E-state index in [0.29, 0.717) is 11.1 Å². The van der Waals surface area contributed by atoms with Gasteiger partial charge in [-0.25, -0.2) is 4.79 Å². The predicted molar refractivity (Wildman–Crippen MR) is 89.4 cm³/mol. The van der Waals surface area contributed by atoms with Gasteiger partial charge < -0.3 is 9.32 Å². The molecular weight excluding hydrogens is 282 g/mol. The quantitative estimate of drug-likeness (QED) is 0.671. The molecule has 0 atom stereocenters. The van der Waals surface area contributed by atoms with Gasteiger partial charge in [0.05, 0.1) is 5.69 Å². The molecule has 0 N–H and O–H groups in total. The lowest BCUT2D eigenvalue weighted by molar-refractivity contribution is 0.563. The van der Waals surface area contributed by atoms with Crippen LogP contribution in [0.25, 0.3) is 21.4 Å². The number of hydrogen-bond acceptors (Lipinski definition) is 4. The number of rotatable bonds is 4. The van der Waals surface area contributed by atoms with Crippen molar-refractivity contribution in [3.05, 3.63) is 52.2 Å². The molecule has 3 aromatic rings. The van der Waals surface area contributed by atoms with Crippen LogP contribution in [-0.2, 0) is 0 Å². The van der Waals surface area contributed by atoms with Crippen molar-refractivity contribution in [2.24, 2.45) is 0 Å². The van der Waals surface area contributed by atoms with Crippen LogP contribution >= 0.6 is 11.3 Å². The first-order valence-corrected chi connectivity index (χ1v) is 7.98. The molecule has 2 heterocycles. The Kier molecular flexibility index (Phi) is 3.80. The lowest BCUT2D eigenvalue weighted by Crippen LogP contribution is -2.24. The van der Waals surface area contributed by atoms with Crippen LogP contribution in [0.3, 0.4) is 0 Å². The third kappa shape index (κ3) is 2.36. The molecule has 2 aromatic heterocycles. The summed E-state index contributed by atoms with van der Waals surface area (Å²) < 4.78 is 5.52. The van der Waals surface area contributed by atoms with E-state index in [4.69, 9.17) is 4.42 Å². The van der Waals surface area contributed by atoms with E-state index in [-0.39, 0.29) is 5.63 Å². The van der Waals surface area contributed by atoms with Crippen LogP contribution in [0.5, 0.6) is 0 Å². The van der Waals surface area contributed by atoms with E-state index in [1.165, 1.54) is 0 Å². The largest absolute Gasteiger partial charge is 0.422 e. The Morgan fingerprint density at radius 2 is 1.86 bits per heavy atom. The second-order valence-corrected chi connectivity index (χ2v) is 5.71. The zero-order valence-corrected chi connectivity index (χ0v) is 12.9. The van der Waals surface area contributed by atoms with Crippen LogP contribution in [0.15, 0.2) is 51.0 Å². The molecule has 0 fully saturated rings. The lowest BCUT2D eigenvalue weighted by atomic mass is 10.1. The second-order valence-electron chi connectivity index (χ2n) is 4.76. The number of para-hydroxylation sites is 1. The third-order valence-electron chi connectivity index (χ3n) is 3.63. The van der Waals surface area contributed by atoms with E-state index in [1.54, 1.807) is 11.3 Å². The van der Waals surface area contributed by atoms with Crippen molar-refractivity contribution >= 4 is 28.0 Å². The molecule has 108 valence electrons. The average Bonchev–Trinajstić information content (AvgIpc) is 3.02. The summed E-state index contributed by atoms with van der Waals surface area (Å²) >= 11 is 1.56. The Hall–Kier alpha value is -2.07. The van der Waals surface area contributed by atoms with Gasteiger partial charge in [-0.05, 0) is 37.4 Å². The predicted octanol–water partition coefficient (Wildman–Crippen LogP) is 4.37. The topological polar surface area (TPSA) is 33.5 Å². The number of benzene rings is 1. The van der Waals surface area contributed by atoms with Crippen molar-refractivity contribution in [2.45, 2.75) is 13.8 Å². The molecule has 0 radical (unpaired) electrons. The fraction of sp³-hybridized carbons (Fsp3) is 0.235. The molecular formula is C17H17NO2S. The summed E-state index contributed by atoms with van der Waals surface area (Å²) in [5.41, 5.74) is 2.03. The van der Waals surface area contributed by atoms with E-state index >= 15 is 0 Å². The van der Waals surface area contributed by atoms with Gasteiger partial charge in [0.2, 0.25) is 0 Å². The molecule has 3 rings (SSSR count). The number of hydrogen-bond donors (Lipinski definition) is 0. The van der Waals surface area contributed by atoms with Crippen LogP contribution in [0.4, 0.5) is 5.69 Å². The first-order chi connectivity index (χ1) is 10.3. The Bertz CT molecular complexity index is 801. The Morgan fingerprint density at radius 3 is 2.52 bits per heavy atom. The van der Waals surface area contributed by atoms with Crippen LogP contribution < -0.4 is 10.5 Å². The SMILES string of the molecule is CCN(CC)c1c(-c2cccs2)c(=O)oc2ccccc12. The molecule has 3 nitrogen and oxygen atoms in total. The Balaban J connectivity index is 2.42. The van der Waals surface area contributed by atoms with Gasteiger partial charge in [-0.3, -0.25) is 0 Å². The van der Waals surface area contributed by atoms with Gasteiger partial charge in [0.25, 0.3) is 0 Å². The molecule has 0 aliphatic heterocycles. The van der Waals surface area contributed by atoms with Crippen molar-refractivity contribution < 1.29 is 4.42 Å². The highest BCUT2D eigenvalue weighted by atomic mass is 32.1. The first-order valence-electron chi connectivity index (χ1n) is 7.11. The molecule has 1 aromatic carbocycles. The van der Waals surface area contributed by atoms with Gasteiger partial charge in [0, 0.05) is 23.4 Å². The fourth-order valence-electron chi connectivity index (χ4n) is 2.64. The number of thiophene rings is 1. The van der Waals surface area contributed by atoms with E-state index in [2.05, 4.69) is 18.7 Å². The number of anilines is 1. The highest BCUT2D eigenvalue weighted by molar-refractivity contribution is 7.13. The number of fused-ring (bicyclic) bond motifs is 1. The maximum Gasteiger partial charge on any atom is 0.347 e. The van der Waals surface area contributed by atoms with Gasteiger partial charge >= 0.3 is 5.63 Å². The average molecular weight is 299 g/mol. The minimum Gasteiger partial charge on any atom is -0.422 e. The summed E-state index contributed by atoms with van der Waals surface area (Å²) in [7, 11) is 0. The molecule has 21 heavy (non-hydrogen) atoms. The first kappa shape index (κ1) is 13.9. The summed E-state index contributed by atoms with van der Waals surface area (Å²) in [6.07, 6.45) is 0. The van der Waals surface area contributed by atoms with Gasteiger partial charge in [-0.15, -0.1) is 11.3 Å². The molecule has 0 amide bonds. The minimum absolute atomic E-state index is 0.266. The van der Waals surface area contributed by atoms with E-state index < -0.39 is 0 Å². The molecule has 0 bridgehead atoms. The molecule has 4 heteroatoms. The monoisotopic (exact) mass is 299 g/mol. The van der Waals surface area contributed by atoms with Crippen molar-refractivity contribution in [3.63, 3.8) is 0 Å². The number of nitrogens with zero attached hydrogens (tertiary/aromatic N) is 1. The van der Waals surface area contributed by atoms with Crippen LogP contribution in [0.2, 0.25) is 0 Å². The van der Waals surface area contributed by atoms with Crippen LogP contribution in [0, 0.1) is 0 Å². The van der Waals surface area contributed by atoms with Gasteiger partial charge in [0.1, 0.15) is 11.1 Å². The highest BCUT2D eigenvalue weighted by Gasteiger charge is 2.20. The van der Waals surface area contributed by atoms with Crippen molar-refractivity contribution in [1.29, 1.82) is 0 Å². The van der Waals surface area contributed by atoms with Crippen LogP contribution in [-0.4, -0.2) is 13.1 Å². The highest BCUT2D eigenvalue weighted by Crippen LogP contribution is 2.36. The van der Waals surface area contributed by atoms with Crippen LogP contribution in [0.1, 0.15) is 13.8 Å². The minimum atomic E-state index is -0.266. The molecule has 0 aliphatic carbocycles. The van der Waals surface area contributed by atoms with Crippen molar-refractivity contribution in [1.82, 2.24) is 0 Å². The normalized spacial score (nSPS) is 11.0. The maximum atomic E-state index is 12.5. The summed E-state index contributed by atoms with van der Waals surface area (Å²) in [6.45, 7) is 5.90. The standard InChI is InChI=1S/C17H17NO2S/c1-3-18(4-2)16-12-8-5-6-9-13(12)20-17(19)15(16)14-10-7-11-21-14/h5-11H,3-4H2,1-2H3. The molecule has 0 aliphatic rings.